The Bertz CT molecular complexity index is 2060. The van der Waals surface area contributed by atoms with E-state index in [9.17, 15) is 12.6 Å². The molecule has 0 radical (unpaired) electrons. The average molecular weight is 619 g/mol. The van der Waals surface area contributed by atoms with Crippen molar-refractivity contribution in [3.63, 3.8) is 0 Å². The smallest absolute Gasteiger partial charge is 0.175 e. The van der Waals surface area contributed by atoms with Crippen molar-refractivity contribution in [1.82, 2.24) is 29.5 Å². The van der Waals surface area contributed by atoms with Crippen LogP contribution in [0.1, 0.15) is 26.0 Å². The first-order valence-corrected chi connectivity index (χ1v) is 16.2. The monoisotopic (exact) mass is 618 g/mol. The molecule has 0 fully saturated rings. The summed E-state index contributed by atoms with van der Waals surface area (Å²) in [5.74, 6) is 0. The van der Waals surface area contributed by atoms with Crippen LogP contribution in [-0.2, 0) is 34.7 Å². The summed E-state index contributed by atoms with van der Waals surface area (Å²) < 4.78 is 38.5. The molecular formula is C32H38N6O3S2. The van der Waals surface area contributed by atoms with Gasteiger partial charge in [-0.05, 0) is 61.4 Å². The van der Waals surface area contributed by atoms with Gasteiger partial charge in [-0.1, -0.05) is 39.1 Å². The molecule has 4 aromatic heterocycles. The van der Waals surface area contributed by atoms with E-state index in [0.717, 1.165) is 60.6 Å². The number of aryl methyl sites for hydroxylation is 4. The van der Waals surface area contributed by atoms with Crippen molar-refractivity contribution >= 4 is 42.7 Å². The number of hydrogen-bond donors (Lipinski definition) is 0. The second kappa shape index (κ2) is 13.0. The van der Waals surface area contributed by atoms with Crippen LogP contribution in [0, 0.1) is 13.8 Å². The minimum atomic E-state index is -3.24. The molecule has 0 amide bonds. The van der Waals surface area contributed by atoms with Gasteiger partial charge in [0.05, 0.1) is 4.90 Å². The van der Waals surface area contributed by atoms with Crippen molar-refractivity contribution in [1.29, 1.82) is 0 Å². The first-order valence-electron chi connectivity index (χ1n) is 12.8. The van der Waals surface area contributed by atoms with Crippen molar-refractivity contribution in [3.05, 3.63) is 84.2 Å². The van der Waals surface area contributed by atoms with E-state index in [-0.39, 0.29) is 14.9 Å². The number of benzene rings is 2. The van der Waals surface area contributed by atoms with Gasteiger partial charge in [0.1, 0.15) is 11.4 Å². The quantitative estimate of drug-likeness (QED) is 0.228. The van der Waals surface area contributed by atoms with Gasteiger partial charge in [-0.25, -0.2) is 27.7 Å². The molecule has 0 aliphatic carbocycles. The maximum absolute atomic E-state index is 11.7. The third kappa shape index (κ3) is 6.89. The van der Waals surface area contributed by atoms with Crippen molar-refractivity contribution in [2.75, 3.05) is 12.5 Å². The van der Waals surface area contributed by atoms with E-state index >= 15 is 0 Å². The number of nitrogens with zero attached hydrogens (tertiary/aromatic N) is 6. The van der Waals surface area contributed by atoms with Crippen LogP contribution in [0.5, 0.6) is 0 Å². The number of rotatable bonds is 4. The molecular weight excluding hydrogens is 581 g/mol. The number of hydrogen-bond acceptors (Lipinski definition) is 7. The number of aromatic nitrogens is 6. The Balaban J connectivity index is 0.000000225. The topological polar surface area (TPSA) is 113 Å². The van der Waals surface area contributed by atoms with Gasteiger partial charge >= 0.3 is 0 Å². The SMILES string of the molecule is C.C.Cc1cnc2c(c1)c(-c1cccc(S(C)(=O)=O)c1)nn2C.Cc1cnc2c(c1)c(-c1cccc(S(C)=O)c1)nn2C. The van der Waals surface area contributed by atoms with Crippen LogP contribution in [-0.4, -0.2) is 54.7 Å². The lowest BCUT2D eigenvalue weighted by Crippen LogP contribution is -1.97. The molecule has 1 atom stereocenters. The summed E-state index contributed by atoms with van der Waals surface area (Å²) in [6.45, 7) is 3.98. The zero-order valence-corrected chi connectivity index (χ0v) is 25.3. The summed E-state index contributed by atoms with van der Waals surface area (Å²) in [7, 11) is -0.520. The Kier molecular flexibility index (Phi) is 10.0. The van der Waals surface area contributed by atoms with E-state index in [1.165, 1.54) is 6.26 Å². The molecule has 4 heterocycles. The zero-order chi connectivity index (χ0) is 29.5. The maximum Gasteiger partial charge on any atom is 0.175 e. The predicted molar refractivity (Wildman–Crippen MR) is 176 cm³/mol. The summed E-state index contributed by atoms with van der Waals surface area (Å²) in [6.07, 6.45) is 6.52. The predicted octanol–water partition coefficient (Wildman–Crippen LogP) is 6.30. The Morgan fingerprint density at radius 2 is 1.19 bits per heavy atom. The summed E-state index contributed by atoms with van der Waals surface area (Å²) in [5, 5.41) is 11.0. The van der Waals surface area contributed by atoms with Gasteiger partial charge in [0, 0.05) is 76.6 Å². The maximum atomic E-state index is 11.7. The van der Waals surface area contributed by atoms with Gasteiger partial charge in [0.2, 0.25) is 0 Å². The van der Waals surface area contributed by atoms with Gasteiger partial charge in [-0.3, -0.25) is 4.21 Å². The third-order valence-corrected chi connectivity index (χ3v) is 8.63. The lowest BCUT2D eigenvalue weighted by Gasteiger charge is -2.02. The van der Waals surface area contributed by atoms with E-state index < -0.39 is 20.6 Å². The van der Waals surface area contributed by atoms with Crippen molar-refractivity contribution in [2.45, 2.75) is 38.5 Å². The Morgan fingerprint density at radius 1 is 0.721 bits per heavy atom. The van der Waals surface area contributed by atoms with Crippen LogP contribution in [0.2, 0.25) is 0 Å². The molecule has 0 aliphatic heterocycles. The number of pyridine rings is 2. The highest BCUT2D eigenvalue weighted by molar-refractivity contribution is 7.90. The molecule has 6 aromatic rings. The molecule has 11 heteroatoms. The van der Waals surface area contributed by atoms with Gasteiger partial charge in [-0.15, -0.1) is 0 Å². The molecule has 0 spiro atoms. The first-order chi connectivity index (χ1) is 19.4. The minimum Gasteiger partial charge on any atom is -0.255 e. The molecule has 1 unspecified atom stereocenters. The van der Waals surface area contributed by atoms with Crippen LogP contribution in [0.25, 0.3) is 44.6 Å². The van der Waals surface area contributed by atoms with Crippen LogP contribution >= 0.6 is 0 Å². The highest BCUT2D eigenvalue weighted by atomic mass is 32.2. The molecule has 43 heavy (non-hydrogen) atoms. The highest BCUT2D eigenvalue weighted by Gasteiger charge is 2.15. The number of sulfone groups is 1. The highest BCUT2D eigenvalue weighted by Crippen LogP contribution is 2.29. The molecule has 226 valence electrons. The molecule has 0 bridgehead atoms. The van der Waals surface area contributed by atoms with Crippen molar-refractivity contribution in [2.24, 2.45) is 14.1 Å². The van der Waals surface area contributed by atoms with Gasteiger partial charge in [-0.2, -0.15) is 10.2 Å². The molecule has 0 aliphatic rings. The summed E-state index contributed by atoms with van der Waals surface area (Å²) in [6, 6.07) is 18.6. The largest absolute Gasteiger partial charge is 0.255 e. The van der Waals surface area contributed by atoms with Gasteiger partial charge < -0.3 is 0 Å². The first kappa shape index (κ1) is 33.3. The fourth-order valence-corrected chi connectivity index (χ4v) is 5.84. The lowest BCUT2D eigenvalue weighted by molar-refractivity contribution is 0.602. The van der Waals surface area contributed by atoms with Gasteiger partial charge in [0.15, 0.2) is 21.1 Å². The fourth-order valence-electron chi connectivity index (χ4n) is 4.61. The summed E-state index contributed by atoms with van der Waals surface area (Å²) in [4.78, 5) is 9.90. The van der Waals surface area contributed by atoms with E-state index in [0.29, 0.717) is 4.90 Å². The molecule has 0 saturated carbocycles. The molecule has 6 rings (SSSR count). The average Bonchev–Trinajstić information content (AvgIpc) is 3.44. The van der Waals surface area contributed by atoms with E-state index in [1.807, 2.05) is 70.5 Å². The van der Waals surface area contributed by atoms with Crippen LogP contribution in [0.15, 0.2) is 82.8 Å². The third-order valence-electron chi connectivity index (χ3n) is 6.61. The fraction of sp³-hybridized carbons (Fsp3) is 0.250. The normalized spacial score (nSPS) is 11.8. The Labute approximate surface area is 256 Å². The van der Waals surface area contributed by atoms with Crippen LogP contribution in [0.4, 0.5) is 0 Å². The Hall–Kier alpha value is -4.22. The zero-order valence-electron chi connectivity index (χ0n) is 23.7. The van der Waals surface area contributed by atoms with E-state index in [2.05, 4.69) is 26.2 Å². The molecule has 0 N–H and O–H groups in total. The summed E-state index contributed by atoms with van der Waals surface area (Å²) in [5.41, 5.74) is 7.14. The second-order valence-electron chi connectivity index (χ2n) is 9.99. The van der Waals surface area contributed by atoms with E-state index in [4.69, 9.17) is 0 Å². The van der Waals surface area contributed by atoms with Gasteiger partial charge in [0.25, 0.3) is 0 Å². The lowest BCUT2D eigenvalue weighted by atomic mass is 10.1. The second-order valence-corrected chi connectivity index (χ2v) is 13.4. The van der Waals surface area contributed by atoms with Crippen LogP contribution in [0.3, 0.4) is 0 Å². The molecule has 0 saturated heterocycles. The standard InChI is InChI=1S/C15H15N3O2S.C15H15N3OS.2CH4/c1-10-7-13-14(17-18(2)15(13)16-9-10)11-5-4-6-12(8-11)21(3,19)20;1-10-7-13-14(17-18(2)15(13)16-9-10)11-5-4-6-12(8-11)20(3)19;;/h4-9H,1-3H3;4-9H,1-3H3;2*1H4. The minimum absolute atomic E-state index is 0. The van der Waals surface area contributed by atoms with Crippen LogP contribution < -0.4 is 0 Å². The van der Waals surface area contributed by atoms with Crippen molar-refractivity contribution < 1.29 is 12.6 Å². The molecule has 2 aromatic carbocycles. The van der Waals surface area contributed by atoms with Crippen molar-refractivity contribution in [3.8, 4) is 22.5 Å². The molecule has 9 nitrogen and oxygen atoms in total. The summed E-state index contributed by atoms with van der Waals surface area (Å²) >= 11 is 0. The Morgan fingerprint density at radius 3 is 1.65 bits per heavy atom. The van der Waals surface area contributed by atoms with E-state index in [1.54, 1.807) is 40.0 Å². The number of fused-ring (bicyclic) bond motifs is 2.